The van der Waals surface area contributed by atoms with E-state index in [1.165, 1.54) is 11.3 Å². The zero-order valence-electron chi connectivity index (χ0n) is 15.9. The zero-order chi connectivity index (χ0) is 19.5. The average molecular weight is 390 g/mol. The van der Waals surface area contributed by atoms with Crippen LogP contribution < -0.4 is 15.4 Å². The fraction of sp³-hybridized carbons (Fsp3) is 0.400. The lowest BCUT2D eigenvalue weighted by molar-refractivity contribution is -0.116. The Kier molecular flexibility index (Phi) is 8.80. The van der Waals surface area contributed by atoms with Gasteiger partial charge in [0.05, 0.1) is 5.69 Å². The highest BCUT2D eigenvalue weighted by Crippen LogP contribution is 2.23. The van der Waals surface area contributed by atoms with Crippen LogP contribution in [0.25, 0.3) is 0 Å². The summed E-state index contributed by atoms with van der Waals surface area (Å²) >= 11 is 1.46. The first kappa shape index (κ1) is 20.9. The number of carbonyl (C=O) groups is 2. The monoisotopic (exact) mass is 389 g/mol. The molecule has 6 nitrogen and oxygen atoms in total. The normalized spacial score (nSPS) is 10.6. The Morgan fingerprint density at radius 3 is 2.63 bits per heavy atom. The Bertz CT molecular complexity index is 715. The predicted octanol–water partition coefficient (Wildman–Crippen LogP) is 3.23. The second-order valence-electron chi connectivity index (χ2n) is 5.94. The van der Waals surface area contributed by atoms with Gasteiger partial charge in [0.2, 0.25) is 5.91 Å². The molecule has 0 bridgehead atoms. The maximum atomic E-state index is 12.2. The third-order valence-electron chi connectivity index (χ3n) is 4.14. The molecule has 0 unspecified atom stereocenters. The lowest BCUT2D eigenvalue weighted by Gasteiger charge is -2.19. The van der Waals surface area contributed by atoms with Gasteiger partial charge in [-0.1, -0.05) is 26.0 Å². The highest BCUT2D eigenvalue weighted by atomic mass is 32.1. The minimum atomic E-state index is -0.166. The summed E-state index contributed by atoms with van der Waals surface area (Å²) in [6.07, 6.45) is 0.198. The summed E-state index contributed by atoms with van der Waals surface area (Å²) < 4.78 is 5.84. The molecule has 146 valence electrons. The van der Waals surface area contributed by atoms with E-state index < -0.39 is 0 Å². The molecule has 2 aromatic rings. The number of thiophene rings is 1. The molecule has 0 atom stereocenters. The van der Waals surface area contributed by atoms with E-state index in [0.717, 1.165) is 19.6 Å². The van der Waals surface area contributed by atoms with E-state index in [4.69, 9.17) is 4.74 Å². The van der Waals surface area contributed by atoms with Gasteiger partial charge in [-0.15, -0.1) is 0 Å². The maximum Gasteiger partial charge on any atom is 0.252 e. The van der Waals surface area contributed by atoms with E-state index in [2.05, 4.69) is 29.4 Å². The summed E-state index contributed by atoms with van der Waals surface area (Å²) in [5.41, 5.74) is 1.26. The standard InChI is InChI=1S/C20H27N3O3S/c1-3-23(4-2)12-13-26-18-8-6-5-7-17(18)22-19(24)9-11-21-20(25)16-10-14-27-15-16/h5-8,10,14-15H,3-4,9,11-13H2,1-2H3,(H,21,25)(H,22,24). The number of rotatable bonds is 11. The number of hydrogen-bond donors (Lipinski definition) is 2. The van der Waals surface area contributed by atoms with Gasteiger partial charge in [0.15, 0.2) is 0 Å². The minimum absolute atomic E-state index is 0.163. The van der Waals surface area contributed by atoms with Gasteiger partial charge < -0.3 is 20.3 Å². The lowest BCUT2D eigenvalue weighted by Crippen LogP contribution is -2.28. The number of carbonyl (C=O) groups excluding carboxylic acids is 2. The molecule has 0 saturated carbocycles. The van der Waals surface area contributed by atoms with Gasteiger partial charge in [0.25, 0.3) is 5.91 Å². The lowest BCUT2D eigenvalue weighted by atomic mass is 10.2. The van der Waals surface area contributed by atoms with Crippen molar-refractivity contribution in [2.45, 2.75) is 20.3 Å². The van der Waals surface area contributed by atoms with Crippen molar-refractivity contribution in [1.82, 2.24) is 10.2 Å². The van der Waals surface area contributed by atoms with Crippen LogP contribution in [0.15, 0.2) is 41.1 Å². The van der Waals surface area contributed by atoms with Crippen molar-refractivity contribution in [3.05, 3.63) is 46.7 Å². The second-order valence-corrected chi connectivity index (χ2v) is 6.72. The van der Waals surface area contributed by atoms with Gasteiger partial charge in [-0.25, -0.2) is 0 Å². The Morgan fingerprint density at radius 2 is 1.93 bits per heavy atom. The Labute approximate surface area is 164 Å². The molecular formula is C20H27N3O3S. The SMILES string of the molecule is CCN(CC)CCOc1ccccc1NC(=O)CCNC(=O)c1ccsc1. The van der Waals surface area contributed by atoms with Crippen molar-refractivity contribution in [2.75, 3.05) is 38.1 Å². The number of likely N-dealkylation sites (N-methyl/N-ethyl adjacent to an activating group) is 1. The minimum Gasteiger partial charge on any atom is -0.490 e. The van der Waals surface area contributed by atoms with Crippen molar-refractivity contribution < 1.29 is 14.3 Å². The topological polar surface area (TPSA) is 70.7 Å². The molecule has 0 aliphatic rings. The largest absolute Gasteiger partial charge is 0.490 e. The first-order valence-corrected chi connectivity index (χ1v) is 10.1. The molecule has 2 amide bonds. The first-order valence-electron chi connectivity index (χ1n) is 9.18. The van der Waals surface area contributed by atoms with Crippen LogP contribution in [0.4, 0.5) is 5.69 Å². The van der Waals surface area contributed by atoms with Gasteiger partial charge in [-0.2, -0.15) is 11.3 Å². The van der Waals surface area contributed by atoms with Crippen LogP contribution >= 0.6 is 11.3 Å². The first-order chi connectivity index (χ1) is 13.1. The molecule has 0 fully saturated rings. The molecule has 27 heavy (non-hydrogen) atoms. The summed E-state index contributed by atoms with van der Waals surface area (Å²) in [6.45, 7) is 7.88. The number of amides is 2. The molecule has 1 aromatic heterocycles. The van der Waals surface area contributed by atoms with Gasteiger partial charge in [0.1, 0.15) is 12.4 Å². The van der Waals surface area contributed by atoms with E-state index in [-0.39, 0.29) is 24.8 Å². The van der Waals surface area contributed by atoms with Crippen molar-refractivity contribution >= 4 is 28.8 Å². The summed E-state index contributed by atoms with van der Waals surface area (Å²) in [5, 5.41) is 9.23. The van der Waals surface area contributed by atoms with Crippen LogP contribution in [0.3, 0.4) is 0 Å². The molecule has 2 N–H and O–H groups in total. The number of hydrogen-bond acceptors (Lipinski definition) is 5. The van der Waals surface area contributed by atoms with Crippen LogP contribution in [0.2, 0.25) is 0 Å². The second kappa shape index (κ2) is 11.4. The predicted molar refractivity (Wildman–Crippen MR) is 110 cm³/mol. The Balaban J connectivity index is 1.78. The smallest absolute Gasteiger partial charge is 0.252 e. The van der Waals surface area contributed by atoms with E-state index >= 15 is 0 Å². The van der Waals surface area contributed by atoms with Gasteiger partial charge in [-0.3, -0.25) is 9.59 Å². The quantitative estimate of drug-likeness (QED) is 0.619. The molecule has 2 rings (SSSR count). The van der Waals surface area contributed by atoms with Gasteiger partial charge in [0, 0.05) is 30.5 Å². The van der Waals surface area contributed by atoms with Gasteiger partial charge in [-0.05, 0) is 36.7 Å². The van der Waals surface area contributed by atoms with Crippen molar-refractivity contribution in [2.24, 2.45) is 0 Å². The molecular weight excluding hydrogens is 362 g/mol. The van der Waals surface area contributed by atoms with Crippen LogP contribution in [0, 0.1) is 0 Å². The van der Waals surface area contributed by atoms with E-state index in [1.54, 1.807) is 11.4 Å². The number of benzene rings is 1. The van der Waals surface area contributed by atoms with Crippen molar-refractivity contribution in [1.29, 1.82) is 0 Å². The number of ether oxygens (including phenoxy) is 1. The van der Waals surface area contributed by atoms with E-state index in [0.29, 0.717) is 23.6 Å². The fourth-order valence-corrected chi connectivity index (χ4v) is 3.15. The number of nitrogens with zero attached hydrogens (tertiary/aromatic N) is 1. The molecule has 0 aliphatic carbocycles. The van der Waals surface area contributed by atoms with E-state index in [9.17, 15) is 9.59 Å². The highest BCUT2D eigenvalue weighted by Gasteiger charge is 2.10. The van der Waals surface area contributed by atoms with Crippen molar-refractivity contribution in [3.8, 4) is 5.75 Å². The number of nitrogens with one attached hydrogen (secondary N) is 2. The third-order valence-corrected chi connectivity index (χ3v) is 4.82. The van der Waals surface area contributed by atoms with E-state index in [1.807, 2.05) is 29.6 Å². The van der Waals surface area contributed by atoms with Crippen LogP contribution in [0.5, 0.6) is 5.75 Å². The van der Waals surface area contributed by atoms with Crippen LogP contribution in [0.1, 0.15) is 30.6 Å². The summed E-state index contributed by atoms with van der Waals surface area (Å²) in [7, 11) is 0. The Hall–Kier alpha value is -2.38. The van der Waals surface area contributed by atoms with Gasteiger partial charge >= 0.3 is 0 Å². The summed E-state index contributed by atoms with van der Waals surface area (Å²) in [6, 6.07) is 9.14. The Morgan fingerprint density at radius 1 is 1.15 bits per heavy atom. The molecule has 1 aromatic carbocycles. The fourth-order valence-electron chi connectivity index (χ4n) is 2.52. The third kappa shape index (κ3) is 7.03. The zero-order valence-corrected chi connectivity index (χ0v) is 16.7. The molecule has 0 saturated heterocycles. The summed E-state index contributed by atoms with van der Waals surface area (Å²) in [4.78, 5) is 26.3. The molecule has 7 heteroatoms. The molecule has 0 aliphatic heterocycles. The molecule has 0 spiro atoms. The van der Waals surface area contributed by atoms with Crippen molar-refractivity contribution in [3.63, 3.8) is 0 Å². The number of para-hydroxylation sites is 2. The maximum absolute atomic E-state index is 12.2. The molecule has 0 radical (unpaired) electrons. The van der Waals surface area contributed by atoms with Crippen LogP contribution in [-0.4, -0.2) is 49.5 Å². The highest BCUT2D eigenvalue weighted by molar-refractivity contribution is 7.08. The average Bonchev–Trinajstić information content (AvgIpc) is 3.21. The summed E-state index contributed by atoms with van der Waals surface area (Å²) in [5.74, 6) is 0.324. The molecule has 1 heterocycles. The number of anilines is 1. The van der Waals surface area contributed by atoms with Crippen LogP contribution in [-0.2, 0) is 4.79 Å².